The van der Waals surface area contributed by atoms with E-state index >= 15 is 0 Å². The van der Waals surface area contributed by atoms with Gasteiger partial charge in [0.15, 0.2) is 0 Å². The Hall–Kier alpha value is -3.07. The summed E-state index contributed by atoms with van der Waals surface area (Å²) in [7, 11) is 0. The Morgan fingerprint density at radius 1 is 1.00 bits per heavy atom. The SMILES string of the molecule is O=C=Nc1ccc(C(=O)O)c2c(N=C=O)cccc12. The summed E-state index contributed by atoms with van der Waals surface area (Å²) in [6.45, 7) is 0. The van der Waals surface area contributed by atoms with Crippen molar-refractivity contribution in [2.24, 2.45) is 9.98 Å². The number of rotatable bonds is 3. The molecule has 19 heavy (non-hydrogen) atoms. The predicted octanol–water partition coefficient (Wildman–Crippen LogP) is 2.47. The standard InChI is InChI=1S/C13H6N2O4/c16-6-14-10-5-4-9(13(18)19)12-8(10)2-1-3-11(12)15-7-17/h1-5H,(H,18,19). The molecule has 92 valence electrons. The number of hydrogen-bond donors (Lipinski definition) is 1. The van der Waals surface area contributed by atoms with Gasteiger partial charge in [-0.15, -0.1) is 0 Å². The predicted molar refractivity (Wildman–Crippen MR) is 66.5 cm³/mol. The lowest BCUT2D eigenvalue weighted by atomic mass is 10.0. The number of carboxylic acids is 1. The van der Waals surface area contributed by atoms with Crippen molar-refractivity contribution in [3.8, 4) is 0 Å². The first-order valence-corrected chi connectivity index (χ1v) is 5.14. The number of aromatic carboxylic acids is 1. The molecule has 2 rings (SSSR count). The number of carbonyl (C=O) groups excluding carboxylic acids is 2. The van der Waals surface area contributed by atoms with Crippen LogP contribution in [0.15, 0.2) is 40.3 Å². The van der Waals surface area contributed by atoms with Crippen LogP contribution >= 0.6 is 0 Å². The van der Waals surface area contributed by atoms with Crippen LogP contribution in [-0.4, -0.2) is 23.2 Å². The highest BCUT2D eigenvalue weighted by Gasteiger charge is 2.14. The molecule has 0 fully saturated rings. The molecule has 0 spiro atoms. The highest BCUT2D eigenvalue weighted by atomic mass is 16.4. The van der Waals surface area contributed by atoms with Crippen LogP contribution in [0, 0.1) is 0 Å². The third-order valence-electron chi connectivity index (χ3n) is 2.56. The number of carbonyl (C=O) groups is 1. The maximum absolute atomic E-state index is 11.2. The smallest absolute Gasteiger partial charge is 0.336 e. The van der Waals surface area contributed by atoms with E-state index in [1.807, 2.05) is 0 Å². The Morgan fingerprint density at radius 3 is 2.32 bits per heavy atom. The second kappa shape index (κ2) is 5.06. The van der Waals surface area contributed by atoms with E-state index in [-0.39, 0.29) is 22.3 Å². The van der Waals surface area contributed by atoms with Crippen LogP contribution in [0.2, 0.25) is 0 Å². The summed E-state index contributed by atoms with van der Waals surface area (Å²) in [4.78, 5) is 38.9. The van der Waals surface area contributed by atoms with Crippen LogP contribution < -0.4 is 0 Å². The third kappa shape index (κ3) is 2.17. The summed E-state index contributed by atoms with van der Waals surface area (Å²) in [6.07, 6.45) is 2.76. The molecule has 6 heteroatoms. The van der Waals surface area contributed by atoms with Crippen LogP contribution in [0.4, 0.5) is 11.4 Å². The first-order chi connectivity index (χ1) is 9.19. The number of benzene rings is 2. The molecule has 6 nitrogen and oxygen atoms in total. The maximum Gasteiger partial charge on any atom is 0.336 e. The minimum absolute atomic E-state index is 0.0329. The molecule has 0 aliphatic rings. The van der Waals surface area contributed by atoms with E-state index in [0.29, 0.717) is 5.39 Å². The summed E-state index contributed by atoms with van der Waals surface area (Å²) < 4.78 is 0. The van der Waals surface area contributed by atoms with Gasteiger partial charge in [-0.2, -0.15) is 9.98 Å². The van der Waals surface area contributed by atoms with Crippen molar-refractivity contribution in [2.75, 3.05) is 0 Å². The summed E-state index contributed by atoms with van der Waals surface area (Å²) >= 11 is 0. The zero-order valence-electron chi connectivity index (χ0n) is 9.45. The molecule has 2 aromatic rings. The molecule has 0 aromatic heterocycles. The normalized spacial score (nSPS) is 9.47. The highest BCUT2D eigenvalue weighted by Crippen LogP contribution is 2.35. The fourth-order valence-corrected chi connectivity index (χ4v) is 1.84. The van der Waals surface area contributed by atoms with Gasteiger partial charge in [-0.3, -0.25) is 0 Å². The number of nitrogens with zero attached hydrogens (tertiary/aromatic N) is 2. The monoisotopic (exact) mass is 254 g/mol. The minimum Gasteiger partial charge on any atom is -0.478 e. The van der Waals surface area contributed by atoms with Gasteiger partial charge < -0.3 is 5.11 Å². The molecule has 0 atom stereocenters. The van der Waals surface area contributed by atoms with Gasteiger partial charge in [0.25, 0.3) is 0 Å². The Bertz CT molecular complexity index is 761. The van der Waals surface area contributed by atoms with Gasteiger partial charge in [-0.05, 0) is 18.2 Å². The molecule has 0 saturated heterocycles. The van der Waals surface area contributed by atoms with Crippen molar-refractivity contribution in [3.05, 3.63) is 35.9 Å². The number of aliphatic imine (C=N–C) groups is 2. The van der Waals surface area contributed by atoms with Crippen molar-refractivity contribution in [2.45, 2.75) is 0 Å². The van der Waals surface area contributed by atoms with Crippen LogP contribution in [0.3, 0.4) is 0 Å². The van der Waals surface area contributed by atoms with Gasteiger partial charge >= 0.3 is 5.97 Å². The van der Waals surface area contributed by atoms with E-state index < -0.39 is 5.97 Å². The molecular formula is C13H6N2O4. The highest BCUT2D eigenvalue weighted by molar-refractivity contribution is 6.12. The molecule has 0 amide bonds. The molecule has 1 N–H and O–H groups in total. The fourth-order valence-electron chi connectivity index (χ4n) is 1.84. The summed E-state index contributed by atoms with van der Waals surface area (Å²) in [5, 5.41) is 9.78. The Labute approximate surface area is 106 Å². The molecule has 0 bridgehead atoms. The van der Waals surface area contributed by atoms with E-state index in [0.717, 1.165) is 0 Å². The summed E-state index contributed by atoms with van der Waals surface area (Å²) in [6, 6.07) is 7.33. The number of isocyanates is 2. The topological polar surface area (TPSA) is 96.2 Å². The first kappa shape index (κ1) is 12.4. The Kier molecular flexibility index (Phi) is 3.30. The van der Waals surface area contributed by atoms with Crippen molar-refractivity contribution in [1.29, 1.82) is 0 Å². The van der Waals surface area contributed by atoms with Crippen LogP contribution in [0.1, 0.15) is 10.4 Å². The summed E-state index contributed by atoms with van der Waals surface area (Å²) in [5.41, 5.74) is 0.389. The Balaban J connectivity index is 3.00. The van der Waals surface area contributed by atoms with Gasteiger partial charge in [-0.1, -0.05) is 12.1 Å². The van der Waals surface area contributed by atoms with E-state index in [2.05, 4.69) is 9.98 Å². The first-order valence-electron chi connectivity index (χ1n) is 5.14. The molecule has 0 saturated carbocycles. The number of carboxylic acid groups (broad SMARTS) is 1. The van der Waals surface area contributed by atoms with Gasteiger partial charge in [-0.25, -0.2) is 14.4 Å². The molecular weight excluding hydrogens is 248 g/mol. The second-order valence-corrected chi connectivity index (χ2v) is 3.54. The average Bonchev–Trinajstić information content (AvgIpc) is 2.40. The van der Waals surface area contributed by atoms with Gasteiger partial charge in [0.2, 0.25) is 12.2 Å². The van der Waals surface area contributed by atoms with Crippen molar-refractivity contribution >= 4 is 40.3 Å². The van der Waals surface area contributed by atoms with Gasteiger partial charge in [0, 0.05) is 10.8 Å². The fraction of sp³-hybridized carbons (Fsp3) is 0. The van der Waals surface area contributed by atoms with Crippen molar-refractivity contribution in [1.82, 2.24) is 0 Å². The van der Waals surface area contributed by atoms with E-state index in [1.54, 1.807) is 12.1 Å². The van der Waals surface area contributed by atoms with E-state index in [9.17, 15) is 14.4 Å². The van der Waals surface area contributed by atoms with Gasteiger partial charge in [0.1, 0.15) is 0 Å². The molecule has 0 heterocycles. The summed E-state index contributed by atoms with van der Waals surface area (Å²) in [5.74, 6) is -1.17. The molecule has 0 unspecified atom stereocenters. The molecule has 0 radical (unpaired) electrons. The van der Waals surface area contributed by atoms with Crippen molar-refractivity contribution in [3.63, 3.8) is 0 Å². The Morgan fingerprint density at radius 2 is 1.68 bits per heavy atom. The lowest BCUT2D eigenvalue weighted by Crippen LogP contribution is -1.97. The van der Waals surface area contributed by atoms with Crippen LogP contribution in [0.25, 0.3) is 10.8 Å². The zero-order valence-corrected chi connectivity index (χ0v) is 9.45. The molecule has 0 aliphatic heterocycles. The average molecular weight is 254 g/mol. The number of hydrogen-bond acceptors (Lipinski definition) is 5. The number of fused-ring (bicyclic) bond motifs is 1. The van der Waals surface area contributed by atoms with Crippen LogP contribution in [0.5, 0.6) is 0 Å². The van der Waals surface area contributed by atoms with Crippen LogP contribution in [-0.2, 0) is 9.59 Å². The molecule has 0 aliphatic carbocycles. The van der Waals surface area contributed by atoms with E-state index in [4.69, 9.17) is 5.11 Å². The molecule has 2 aromatic carbocycles. The largest absolute Gasteiger partial charge is 0.478 e. The maximum atomic E-state index is 11.2. The van der Waals surface area contributed by atoms with Crippen molar-refractivity contribution < 1.29 is 19.5 Å². The second-order valence-electron chi connectivity index (χ2n) is 3.54. The third-order valence-corrected chi connectivity index (χ3v) is 2.56. The van der Waals surface area contributed by atoms with E-state index in [1.165, 1.54) is 30.4 Å². The quantitative estimate of drug-likeness (QED) is 0.672. The minimum atomic E-state index is -1.17. The van der Waals surface area contributed by atoms with Gasteiger partial charge in [0.05, 0.1) is 16.9 Å². The lowest BCUT2D eigenvalue weighted by Gasteiger charge is -2.06. The zero-order chi connectivity index (χ0) is 13.8. The lowest BCUT2D eigenvalue weighted by molar-refractivity contribution is 0.0699.